The molecule has 9 nitrogen and oxygen atoms in total. The van der Waals surface area contributed by atoms with Crippen molar-refractivity contribution in [2.45, 2.75) is 49.2 Å². The Hall–Kier alpha value is -3.91. The summed E-state index contributed by atoms with van der Waals surface area (Å²) in [6.07, 6.45) is -4.59. The number of benzene rings is 2. The molecule has 220 valence electrons. The van der Waals surface area contributed by atoms with Crippen LogP contribution >= 0.6 is 23.1 Å². The molecule has 0 spiro atoms. The Bertz CT molecular complexity index is 1660. The Kier molecular flexibility index (Phi) is 7.56. The number of fused-ring (bicyclic) bond motifs is 2. The average molecular weight is 620 g/mol. The fourth-order valence-corrected chi connectivity index (χ4v) is 8.14. The van der Waals surface area contributed by atoms with Crippen LogP contribution in [0.5, 0.6) is 0 Å². The molecule has 2 aromatic carbocycles. The lowest BCUT2D eigenvalue weighted by atomic mass is 9.76. The van der Waals surface area contributed by atoms with Crippen molar-refractivity contribution in [3.05, 3.63) is 74.2 Å². The van der Waals surface area contributed by atoms with E-state index in [-0.39, 0.29) is 23.5 Å². The first-order valence-corrected chi connectivity index (χ1v) is 14.5. The number of thiazole rings is 1. The molecule has 3 aromatic rings. The summed E-state index contributed by atoms with van der Waals surface area (Å²) in [6.45, 7) is 4.88. The van der Waals surface area contributed by atoms with Crippen molar-refractivity contribution >= 4 is 58.2 Å². The minimum atomic E-state index is -4.59. The van der Waals surface area contributed by atoms with Crippen molar-refractivity contribution < 1.29 is 37.1 Å². The van der Waals surface area contributed by atoms with Crippen molar-refractivity contribution in [2.75, 3.05) is 16.8 Å². The van der Waals surface area contributed by atoms with Gasteiger partial charge in [-0.1, -0.05) is 43.0 Å². The molecule has 2 unspecified atom stereocenters. The van der Waals surface area contributed by atoms with Crippen LogP contribution in [0.25, 0.3) is 0 Å². The van der Waals surface area contributed by atoms with Crippen molar-refractivity contribution in [2.24, 2.45) is 5.92 Å². The number of aromatic nitrogens is 1. The number of amides is 3. The summed E-state index contributed by atoms with van der Waals surface area (Å²) in [4.78, 5) is 66.2. The van der Waals surface area contributed by atoms with Crippen LogP contribution in [0.2, 0.25) is 0 Å². The van der Waals surface area contributed by atoms with Crippen LogP contribution in [0.3, 0.4) is 0 Å². The first-order chi connectivity index (χ1) is 19.7. The highest BCUT2D eigenvalue weighted by Crippen LogP contribution is 2.54. The molecule has 0 aliphatic carbocycles. The van der Waals surface area contributed by atoms with E-state index in [1.807, 2.05) is 0 Å². The summed E-state index contributed by atoms with van der Waals surface area (Å²) < 4.78 is 45.4. The second kappa shape index (κ2) is 10.7. The molecule has 14 heteroatoms. The van der Waals surface area contributed by atoms with Crippen LogP contribution in [0.4, 0.5) is 24.5 Å². The van der Waals surface area contributed by atoms with Gasteiger partial charge in [-0.2, -0.15) is 13.2 Å². The zero-order valence-corrected chi connectivity index (χ0v) is 24.1. The highest BCUT2D eigenvalue weighted by atomic mass is 32.2. The van der Waals surface area contributed by atoms with Crippen molar-refractivity contribution in [3.8, 4) is 0 Å². The van der Waals surface area contributed by atoms with E-state index >= 15 is 0 Å². The van der Waals surface area contributed by atoms with E-state index in [1.165, 1.54) is 34.9 Å². The smallest absolute Gasteiger partial charge is 0.416 e. The number of carbonyl (C=O) groups is 4. The van der Waals surface area contributed by atoms with E-state index in [1.54, 1.807) is 20.8 Å². The number of carbonyl (C=O) groups excluding carboxylic acids is 4. The summed E-state index contributed by atoms with van der Waals surface area (Å²) >= 11 is 1.88. The minimum Gasteiger partial charge on any atom is -0.462 e. The van der Waals surface area contributed by atoms with Gasteiger partial charge in [-0.15, -0.1) is 0 Å². The number of halogens is 3. The first kappa shape index (κ1) is 29.6. The monoisotopic (exact) mass is 619 g/mol. The largest absolute Gasteiger partial charge is 0.462 e. The number of thioether (sulfide) groups is 1. The second-order valence-electron chi connectivity index (χ2n) is 10.2. The molecule has 3 amide bonds. The molecule has 1 fully saturated rings. The van der Waals surface area contributed by atoms with Crippen molar-refractivity contribution in [1.82, 2.24) is 4.57 Å². The number of hydrogen-bond acceptors (Lipinski definition) is 8. The highest BCUT2D eigenvalue weighted by molar-refractivity contribution is 8.00. The van der Waals surface area contributed by atoms with Gasteiger partial charge >= 0.3 is 17.0 Å². The topological polar surface area (TPSA) is 115 Å². The molecule has 0 saturated carbocycles. The normalized spacial score (nSPS) is 19.3. The third-order valence-corrected chi connectivity index (χ3v) is 9.94. The van der Waals surface area contributed by atoms with Gasteiger partial charge in [0, 0.05) is 16.0 Å². The van der Waals surface area contributed by atoms with Crippen LogP contribution in [0.1, 0.15) is 41.6 Å². The number of anilines is 2. The summed E-state index contributed by atoms with van der Waals surface area (Å²) in [5, 5.41) is 1.86. The maximum absolute atomic E-state index is 13.6. The quantitative estimate of drug-likeness (QED) is 0.315. The van der Waals surface area contributed by atoms with E-state index in [0.717, 1.165) is 46.2 Å². The third kappa shape index (κ3) is 5.13. The number of esters is 1. The third-order valence-electron chi connectivity index (χ3n) is 7.12. The standard InChI is InChI=1S/C28H24F3N3O6S2/c1-4-40-25(38)14-8-10-17(11-9-14)34-22(36)19-20(23(34)37)41-24-21(27(19,2)3)42-26(39)33(24)13-18(35)32-16-7-5-6-15(12-16)28(29,30)31/h5-12,19-20H,4,13H2,1-3H3,(H,32,35). The zero-order chi connectivity index (χ0) is 30.6. The SMILES string of the molecule is CCOC(=O)c1ccc(N2C(=O)C3Sc4c(sc(=O)n4CC(=O)Nc4cccc(C(F)(F)F)c4)C(C)(C)C3C2=O)cc1. The molecule has 5 rings (SSSR count). The number of nitrogens with zero attached hydrogens (tertiary/aromatic N) is 2. The Morgan fingerprint density at radius 1 is 1.05 bits per heavy atom. The first-order valence-electron chi connectivity index (χ1n) is 12.8. The Morgan fingerprint density at radius 2 is 1.74 bits per heavy atom. The maximum atomic E-state index is 13.6. The average Bonchev–Trinajstić information content (AvgIpc) is 3.37. The van der Waals surface area contributed by atoms with Gasteiger partial charge in [0.15, 0.2) is 0 Å². The van der Waals surface area contributed by atoms with E-state index < -0.39 is 63.4 Å². The van der Waals surface area contributed by atoms with Gasteiger partial charge in [0.1, 0.15) is 11.8 Å². The zero-order valence-electron chi connectivity index (χ0n) is 22.5. The predicted molar refractivity (Wildman–Crippen MR) is 150 cm³/mol. The molecule has 2 atom stereocenters. The van der Waals surface area contributed by atoms with Gasteiger partial charge in [0.05, 0.1) is 34.4 Å². The molecule has 0 radical (unpaired) electrons. The molecule has 2 aliphatic heterocycles. The van der Waals surface area contributed by atoms with E-state index in [0.29, 0.717) is 9.90 Å². The van der Waals surface area contributed by atoms with E-state index in [4.69, 9.17) is 4.74 Å². The fraction of sp³-hybridized carbons (Fsp3) is 0.321. The molecular weight excluding hydrogens is 595 g/mol. The van der Waals surface area contributed by atoms with Gasteiger partial charge in [0.2, 0.25) is 17.7 Å². The highest BCUT2D eigenvalue weighted by Gasteiger charge is 2.59. The molecule has 2 aliphatic rings. The number of alkyl halides is 3. The van der Waals surface area contributed by atoms with Crippen LogP contribution in [-0.4, -0.2) is 40.1 Å². The Balaban J connectivity index is 1.40. The van der Waals surface area contributed by atoms with Crippen LogP contribution in [0, 0.1) is 5.92 Å². The van der Waals surface area contributed by atoms with Gasteiger partial charge < -0.3 is 10.1 Å². The molecule has 3 heterocycles. The summed E-state index contributed by atoms with van der Waals surface area (Å²) in [5.41, 5.74) is -1.42. The molecular formula is C28H24F3N3O6S2. The van der Waals surface area contributed by atoms with Gasteiger partial charge in [-0.3, -0.25) is 23.7 Å². The number of imide groups is 1. The molecule has 0 bridgehead atoms. The number of ether oxygens (including phenoxy) is 1. The van der Waals surface area contributed by atoms with Crippen molar-refractivity contribution in [1.29, 1.82) is 0 Å². The Morgan fingerprint density at radius 3 is 2.38 bits per heavy atom. The lowest BCUT2D eigenvalue weighted by molar-refractivity contribution is -0.137. The van der Waals surface area contributed by atoms with Gasteiger partial charge in [-0.25, -0.2) is 9.69 Å². The molecule has 42 heavy (non-hydrogen) atoms. The maximum Gasteiger partial charge on any atom is 0.416 e. The molecule has 1 N–H and O–H groups in total. The molecule has 1 aromatic heterocycles. The van der Waals surface area contributed by atoms with Crippen LogP contribution in [-0.2, 0) is 37.3 Å². The second-order valence-corrected chi connectivity index (χ2v) is 12.3. The van der Waals surface area contributed by atoms with Crippen LogP contribution < -0.4 is 15.1 Å². The van der Waals surface area contributed by atoms with Crippen LogP contribution in [0.15, 0.2) is 58.4 Å². The lowest BCUT2D eigenvalue weighted by Gasteiger charge is -2.36. The van der Waals surface area contributed by atoms with E-state index in [9.17, 15) is 37.1 Å². The number of rotatable bonds is 6. The fourth-order valence-electron chi connectivity index (χ4n) is 5.10. The van der Waals surface area contributed by atoms with Crippen molar-refractivity contribution in [3.63, 3.8) is 0 Å². The van der Waals surface area contributed by atoms with E-state index in [2.05, 4.69) is 5.32 Å². The Labute approximate surface area is 245 Å². The molecule has 1 saturated heterocycles. The lowest BCUT2D eigenvalue weighted by Crippen LogP contribution is -2.41. The summed E-state index contributed by atoms with van der Waals surface area (Å²) in [7, 11) is 0. The summed E-state index contributed by atoms with van der Waals surface area (Å²) in [6, 6.07) is 10.0. The summed E-state index contributed by atoms with van der Waals surface area (Å²) in [5.74, 6) is -3.02. The van der Waals surface area contributed by atoms with Gasteiger partial charge in [-0.05, 0) is 49.4 Å². The minimum absolute atomic E-state index is 0.0822. The number of hydrogen-bond donors (Lipinski definition) is 1. The number of nitrogens with one attached hydrogen (secondary N) is 1. The van der Waals surface area contributed by atoms with Gasteiger partial charge in [0.25, 0.3) is 0 Å². The predicted octanol–water partition coefficient (Wildman–Crippen LogP) is 4.69.